The highest BCUT2D eigenvalue weighted by molar-refractivity contribution is 7.17. The maximum atomic E-state index is 6.42. The number of hydrogen-bond acceptors (Lipinski definition) is 4. The molecular weight excluding hydrogens is 1000 g/mol. The summed E-state index contributed by atoms with van der Waals surface area (Å²) < 4.78 is 8.25. The van der Waals surface area contributed by atoms with Gasteiger partial charge in [-0.15, -0.1) is 0 Å². The van der Waals surface area contributed by atoms with E-state index in [0.717, 1.165) is 11.2 Å². The Morgan fingerprint density at radius 2 is 0.506 bits per heavy atom. The van der Waals surface area contributed by atoms with E-state index in [0.29, 0.717) is 0 Å². The van der Waals surface area contributed by atoms with Crippen molar-refractivity contribution in [2.75, 3.05) is 19.4 Å². The second-order valence-electron chi connectivity index (χ2n) is 21.6. The maximum Gasteiger partial charge on any atom is 0.393 e. The number of nitrogens with one attached hydrogen (secondary N) is 1. The van der Waals surface area contributed by atoms with Gasteiger partial charge in [-0.3, -0.25) is 0 Å². The lowest BCUT2D eigenvalue weighted by Crippen LogP contribution is -2.88. The van der Waals surface area contributed by atoms with Crippen LogP contribution in [0.3, 0.4) is 0 Å². The molecule has 4 nitrogen and oxygen atoms in total. The first kappa shape index (κ1) is 47.4. The summed E-state index contributed by atoms with van der Waals surface area (Å²) in [4.78, 5) is 0. The van der Waals surface area contributed by atoms with Crippen LogP contribution in [0.2, 0.25) is 0 Å². The molecule has 12 aromatic carbocycles. The Bertz CT molecular complexity index is 4060. The van der Waals surface area contributed by atoms with Crippen LogP contribution in [0, 0.1) is 0 Å². The molecule has 0 radical (unpaired) electrons. The molecule has 5 aliphatic rings. The fourth-order valence-electron chi connectivity index (χ4n) is 13.6. The monoisotopic (exact) mass is 1050 g/mol. The molecule has 0 atom stereocenters. The van der Waals surface area contributed by atoms with E-state index in [1.54, 1.807) is 0 Å². The zero-order valence-electron chi connectivity index (χ0n) is 44.2. The van der Waals surface area contributed by atoms with Crippen LogP contribution in [0.15, 0.2) is 291 Å². The average molecular weight is 1050 g/mol. The summed E-state index contributed by atoms with van der Waals surface area (Å²) in [5, 5.41) is 3.36. The molecule has 9 heteroatoms. The third-order valence-corrected chi connectivity index (χ3v) is 17.6. The Kier molecular flexibility index (Phi) is 11.3. The minimum Gasteiger partial charge on any atom is -0.416 e. The topological polar surface area (TPSA) is 21.8 Å². The van der Waals surface area contributed by atoms with E-state index in [1.165, 1.54) is 122 Å². The minimum atomic E-state index is -0.170. The van der Waals surface area contributed by atoms with Crippen LogP contribution in [0.5, 0.6) is 0 Å². The van der Waals surface area contributed by atoms with Crippen LogP contribution in [0.1, 0.15) is 0 Å². The van der Waals surface area contributed by atoms with Crippen LogP contribution < -0.4 is 41.2 Å². The molecule has 0 unspecified atom stereocenters. The van der Waals surface area contributed by atoms with Crippen molar-refractivity contribution in [3.8, 4) is 89.0 Å². The Morgan fingerprint density at radius 1 is 0.235 bits per heavy atom. The molecule has 1 N–H and O–H groups in total. The van der Waals surface area contributed by atoms with Gasteiger partial charge >= 0.3 is 27.2 Å². The van der Waals surface area contributed by atoms with Gasteiger partial charge in [-0.25, -0.2) is 0 Å². The van der Waals surface area contributed by atoms with Gasteiger partial charge in [0.25, 0.3) is 0 Å². The van der Waals surface area contributed by atoms with Crippen molar-refractivity contribution >= 4 is 83.3 Å². The Morgan fingerprint density at radius 3 is 0.852 bits per heavy atom. The van der Waals surface area contributed by atoms with Crippen LogP contribution in [-0.2, 0) is 0 Å². The highest BCUT2D eigenvalue weighted by atomic mass is 35.5. The van der Waals surface area contributed by atoms with E-state index in [4.69, 9.17) is 11.5 Å². The number of rotatable bonds is 4. The van der Waals surface area contributed by atoms with Crippen molar-refractivity contribution in [3.63, 3.8) is 0 Å². The molecule has 5 heterocycles. The first-order chi connectivity index (χ1) is 40.1. The maximum absolute atomic E-state index is 6.42. The van der Waals surface area contributed by atoms with Gasteiger partial charge in [0.15, 0.2) is 0 Å². The molecule has 17 rings (SSSR count). The summed E-state index contributed by atoms with van der Waals surface area (Å²) in [5.41, 5.74) is 29.8. The smallest absolute Gasteiger partial charge is 0.393 e. The standard InChI is InChI=1S/C54H36B3N3.C18H13BClN/c1-4-16-37(17-5-1)40-28-31-52-46(34-40)43-22-10-13-25-49(43)55-58(52)56-50-26-14-11-23-44(50)47-35-42(39-20-8-3-9-21-39)30-33-54(47)60(56)57-51-27-15-12-24-45(51)48-36-41(29-32-53(48)59(55)57)38-18-6-2-7-19-38;20-19-17-9-5-4-8-15(17)16-12-14(10-11-18(16)21-19)13-6-2-1-3-7-13/h1-36H;1-12,21H. The molecule has 5 aliphatic heterocycles. The Balaban J connectivity index is 0.000000216. The summed E-state index contributed by atoms with van der Waals surface area (Å²) in [6, 6.07) is 107. The van der Waals surface area contributed by atoms with E-state index in [-0.39, 0.29) is 27.2 Å². The number of anilines is 4. The quantitative estimate of drug-likeness (QED) is 0.177. The number of benzene rings is 12. The van der Waals surface area contributed by atoms with Crippen LogP contribution in [-0.4, -0.2) is 27.2 Å². The molecule has 1 fully saturated rings. The van der Waals surface area contributed by atoms with Crippen molar-refractivity contribution in [2.45, 2.75) is 0 Å². The second-order valence-corrected chi connectivity index (χ2v) is 22.1. The highest BCUT2D eigenvalue weighted by Gasteiger charge is 2.61. The molecule has 0 aliphatic carbocycles. The zero-order valence-corrected chi connectivity index (χ0v) is 45.0. The van der Waals surface area contributed by atoms with Gasteiger partial charge in [-0.05, 0) is 137 Å². The Hall–Kier alpha value is -9.61. The molecule has 0 saturated carbocycles. The molecule has 0 amide bonds. The zero-order chi connectivity index (χ0) is 53.5. The summed E-state index contributed by atoms with van der Waals surface area (Å²) in [7, 11) is 0. The first-order valence-corrected chi connectivity index (χ1v) is 28.5. The lowest BCUT2D eigenvalue weighted by molar-refractivity contribution is 1.27. The van der Waals surface area contributed by atoms with E-state index in [9.17, 15) is 0 Å². The number of fused-ring (bicyclic) bond motifs is 24. The van der Waals surface area contributed by atoms with Crippen molar-refractivity contribution in [1.82, 2.24) is 0 Å². The van der Waals surface area contributed by atoms with Crippen LogP contribution in [0.4, 0.5) is 22.7 Å². The van der Waals surface area contributed by atoms with E-state index < -0.39 is 0 Å². The molecule has 0 aromatic heterocycles. The van der Waals surface area contributed by atoms with Crippen molar-refractivity contribution in [3.05, 3.63) is 291 Å². The first-order valence-electron chi connectivity index (χ1n) is 28.0. The van der Waals surface area contributed by atoms with Gasteiger partial charge in [0.2, 0.25) is 0 Å². The Labute approximate surface area is 480 Å². The molecule has 0 spiro atoms. The van der Waals surface area contributed by atoms with E-state index in [2.05, 4.69) is 298 Å². The number of nitrogens with zero attached hydrogens (tertiary/aromatic N) is 3. The molecule has 12 aromatic rings. The SMILES string of the molecule is ClB1Nc2ccc(-c3ccccc3)cc2-c2ccccc21.c1ccc(-c2ccc3c(c2)-c2ccccc2B2N3B3c4ccccc4-c4cc(-c5ccccc5)ccc4N3B3c4ccccc4-c4cc(-c5ccccc5)ccc4N23)cc1. The largest absolute Gasteiger partial charge is 0.416 e. The third kappa shape index (κ3) is 7.73. The van der Waals surface area contributed by atoms with Crippen molar-refractivity contribution in [1.29, 1.82) is 0 Å². The minimum absolute atomic E-state index is 0.101. The number of hydrogen-bond donors (Lipinski definition) is 1. The van der Waals surface area contributed by atoms with Gasteiger partial charge in [0, 0.05) is 45.0 Å². The fraction of sp³-hybridized carbons (Fsp3) is 0. The van der Waals surface area contributed by atoms with Crippen molar-refractivity contribution in [2.24, 2.45) is 0 Å². The van der Waals surface area contributed by atoms with Crippen LogP contribution >= 0.6 is 11.5 Å². The normalized spacial score (nSPS) is 13.4. The second kappa shape index (κ2) is 19.3. The third-order valence-electron chi connectivity index (χ3n) is 17.2. The summed E-state index contributed by atoms with van der Waals surface area (Å²) in [6.45, 7) is -0.304. The van der Waals surface area contributed by atoms with Gasteiger partial charge < -0.3 is 19.4 Å². The van der Waals surface area contributed by atoms with Gasteiger partial charge in [0.05, 0.1) is 0 Å². The highest BCUT2D eigenvalue weighted by Crippen LogP contribution is 2.50. The lowest BCUT2D eigenvalue weighted by Gasteiger charge is -2.61. The average Bonchev–Trinajstić information content (AvgIpc) is 2.82. The van der Waals surface area contributed by atoms with Gasteiger partial charge in [0.1, 0.15) is 0 Å². The summed E-state index contributed by atoms with van der Waals surface area (Å²) >= 11 is 6.42. The molecule has 376 valence electrons. The number of halogens is 1. The van der Waals surface area contributed by atoms with Gasteiger partial charge in [-0.1, -0.05) is 243 Å². The molecule has 1 saturated heterocycles. The predicted molar refractivity (Wildman–Crippen MR) is 348 cm³/mol. The summed E-state index contributed by atoms with van der Waals surface area (Å²) in [6.07, 6.45) is -0.170. The fourth-order valence-corrected chi connectivity index (χ4v) is 13.9. The van der Waals surface area contributed by atoms with Crippen molar-refractivity contribution < 1.29 is 0 Å². The van der Waals surface area contributed by atoms with E-state index >= 15 is 0 Å². The molecular formula is C72H49B4ClN4. The predicted octanol–water partition coefficient (Wildman–Crippen LogP) is 15.0. The lowest BCUT2D eigenvalue weighted by atomic mass is 9.34. The molecule has 81 heavy (non-hydrogen) atoms. The van der Waals surface area contributed by atoms with Crippen LogP contribution in [0.25, 0.3) is 89.0 Å². The summed E-state index contributed by atoms with van der Waals surface area (Å²) in [5.74, 6) is 0. The molecule has 0 bridgehead atoms. The van der Waals surface area contributed by atoms with Gasteiger partial charge in [-0.2, -0.15) is 11.5 Å². The van der Waals surface area contributed by atoms with E-state index in [1.807, 2.05) is 12.1 Å².